The number of para-hydroxylation sites is 1. The fourth-order valence-electron chi connectivity index (χ4n) is 2.80. The summed E-state index contributed by atoms with van der Waals surface area (Å²) in [4.78, 5) is 12.2. The van der Waals surface area contributed by atoms with Gasteiger partial charge in [0.15, 0.2) is 0 Å². The molecule has 0 spiro atoms. The summed E-state index contributed by atoms with van der Waals surface area (Å²) in [6, 6.07) is 7.71. The van der Waals surface area contributed by atoms with Crippen molar-refractivity contribution in [1.82, 2.24) is 5.32 Å². The maximum absolute atomic E-state index is 12.2. The molecule has 1 rings (SSSR count). The van der Waals surface area contributed by atoms with Gasteiger partial charge in [0.05, 0.1) is 0 Å². The first-order valence-electron chi connectivity index (χ1n) is 8.49. The van der Waals surface area contributed by atoms with Gasteiger partial charge in [-0.1, -0.05) is 52.8 Å². The van der Waals surface area contributed by atoms with Crippen molar-refractivity contribution in [2.45, 2.75) is 52.9 Å². The molecule has 1 atom stereocenters. The van der Waals surface area contributed by atoms with E-state index in [9.17, 15) is 4.79 Å². The van der Waals surface area contributed by atoms with Crippen LogP contribution in [0.15, 0.2) is 24.3 Å². The van der Waals surface area contributed by atoms with Crippen molar-refractivity contribution in [2.24, 2.45) is 11.8 Å². The van der Waals surface area contributed by atoms with E-state index in [-0.39, 0.29) is 18.1 Å². The van der Waals surface area contributed by atoms with Crippen molar-refractivity contribution in [3.05, 3.63) is 29.8 Å². The van der Waals surface area contributed by atoms with Crippen LogP contribution in [0.1, 0.15) is 53.0 Å². The molecule has 0 aliphatic heterocycles. The van der Waals surface area contributed by atoms with Gasteiger partial charge in [0, 0.05) is 18.8 Å². The van der Waals surface area contributed by atoms with E-state index in [1.807, 2.05) is 24.3 Å². The lowest BCUT2D eigenvalue weighted by molar-refractivity contribution is 0.231. The van der Waals surface area contributed by atoms with Gasteiger partial charge in [-0.15, -0.1) is 0 Å². The summed E-state index contributed by atoms with van der Waals surface area (Å²) in [5.41, 5.74) is 1.94. The molecule has 3 N–H and O–H groups in total. The van der Waals surface area contributed by atoms with E-state index in [4.69, 9.17) is 5.11 Å². The van der Waals surface area contributed by atoms with Crippen LogP contribution in [0, 0.1) is 11.8 Å². The lowest BCUT2D eigenvalue weighted by Crippen LogP contribution is -2.34. The number of aliphatic hydroxyl groups excluding tert-OH is 1. The van der Waals surface area contributed by atoms with Crippen LogP contribution in [0.25, 0.3) is 0 Å². The highest BCUT2D eigenvalue weighted by Crippen LogP contribution is 2.29. The molecule has 23 heavy (non-hydrogen) atoms. The average Bonchev–Trinajstić information content (AvgIpc) is 2.44. The third-order valence-corrected chi connectivity index (χ3v) is 3.88. The summed E-state index contributed by atoms with van der Waals surface area (Å²) in [6.07, 6.45) is 1.72. The lowest BCUT2D eigenvalue weighted by atomic mass is 9.86. The molecule has 4 nitrogen and oxygen atoms in total. The van der Waals surface area contributed by atoms with Crippen molar-refractivity contribution >= 4 is 11.7 Å². The average molecular weight is 320 g/mol. The van der Waals surface area contributed by atoms with E-state index < -0.39 is 0 Å². The molecule has 0 heterocycles. The number of benzene rings is 1. The number of hydrogen-bond acceptors (Lipinski definition) is 2. The first kappa shape index (κ1) is 19.5. The molecule has 2 amide bonds. The fourth-order valence-corrected chi connectivity index (χ4v) is 2.80. The summed E-state index contributed by atoms with van der Waals surface area (Å²) in [5.74, 6) is 0.863. The molecule has 1 unspecified atom stereocenters. The predicted octanol–water partition coefficient (Wildman–Crippen LogP) is 4.15. The zero-order valence-corrected chi connectivity index (χ0v) is 15.1. The summed E-state index contributed by atoms with van der Waals surface area (Å²) in [6.45, 7) is 11.5. The van der Waals surface area contributed by atoms with Crippen molar-refractivity contribution < 1.29 is 9.90 Å². The van der Waals surface area contributed by atoms with Crippen LogP contribution >= 0.6 is 0 Å². The van der Waals surface area contributed by atoms with Gasteiger partial charge in [0.1, 0.15) is 0 Å². The number of carbonyl (C=O) groups is 1. The van der Waals surface area contributed by atoms with Crippen LogP contribution in [0.2, 0.25) is 0 Å². The highest BCUT2D eigenvalue weighted by Gasteiger charge is 2.19. The molecule has 0 radical (unpaired) electrons. The van der Waals surface area contributed by atoms with Crippen molar-refractivity contribution in [3.8, 4) is 0 Å². The Bertz CT molecular complexity index is 492. The molecule has 0 bridgehead atoms. The number of rotatable bonds is 7. The molecule has 0 aliphatic carbocycles. The third-order valence-electron chi connectivity index (χ3n) is 3.88. The number of anilines is 1. The number of amides is 2. The van der Waals surface area contributed by atoms with Crippen molar-refractivity contribution in [3.63, 3.8) is 0 Å². The lowest BCUT2D eigenvalue weighted by Gasteiger charge is -2.23. The molecular weight excluding hydrogens is 288 g/mol. The van der Waals surface area contributed by atoms with Crippen molar-refractivity contribution in [2.75, 3.05) is 18.5 Å². The van der Waals surface area contributed by atoms with Gasteiger partial charge in [0.25, 0.3) is 0 Å². The molecular formula is C19H32N2O2. The number of carbonyl (C=O) groups excluding carboxylic acids is 1. The highest BCUT2D eigenvalue weighted by molar-refractivity contribution is 5.90. The Morgan fingerprint density at radius 1 is 1.22 bits per heavy atom. The van der Waals surface area contributed by atoms with Crippen LogP contribution in [-0.2, 0) is 5.41 Å². The molecule has 0 saturated carbocycles. The Morgan fingerprint density at radius 2 is 1.87 bits per heavy atom. The summed E-state index contributed by atoms with van der Waals surface area (Å²) in [7, 11) is 0. The summed E-state index contributed by atoms with van der Waals surface area (Å²) in [5, 5.41) is 15.0. The topological polar surface area (TPSA) is 61.4 Å². The van der Waals surface area contributed by atoms with Crippen molar-refractivity contribution in [1.29, 1.82) is 0 Å². The predicted molar refractivity (Wildman–Crippen MR) is 96.8 cm³/mol. The van der Waals surface area contributed by atoms with E-state index >= 15 is 0 Å². The number of urea groups is 1. The quantitative estimate of drug-likeness (QED) is 0.707. The number of hydrogen-bond donors (Lipinski definition) is 3. The van der Waals surface area contributed by atoms with Gasteiger partial charge >= 0.3 is 6.03 Å². The second-order valence-electron chi connectivity index (χ2n) is 7.64. The Balaban J connectivity index is 2.63. The highest BCUT2D eigenvalue weighted by atomic mass is 16.3. The van der Waals surface area contributed by atoms with E-state index in [2.05, 4.69) is 45.3 Å². The molecule has 0 fully saturated rings. The molecule has 1 aromatic rings. The first-order valence-corrected chi connectivity index (χ1v) is 8.49. The van der Waals surface area contributed by atoms with Gasteiger partial charge in [-0.25, -0.2) is 4.79 Å². The summed E-state index contributed by atoms with van der Waals surface area (Å²) >= 11 is 0. The molecule has 0 aromatic heterocycles. The fraction of sp³-hybridized carbons (Fsp3) is 0.632. The smallest absolute Gasteiger partial charge is 0.319 e. The van der Waals surface area contributed by atoms with Gasteiger partial charge < -0.3 is 15.7 Å². The monoisotopic (exact) mass is 320 g/mol. The summed E-state index contributed by atoms with van der Waals surface area (Å²) < 4.78 is 0. The zero-order valence-electron chi connectivity index (χ0n) is 15.1. The zero-order chi connectivity index (χ0) is 17.5. The van der Waals surface area contributed by atoms with E-state index in [0.717, 1.165) is 24.1 Å². The minimum absolute atomic E-state index is 0.0268. The van der Waals surface area contributed by atoms with E-state index in [1.54, 1.807) is 0 Å². The molecule has 1 aromatic carbocycles. The number of nitrogens with one attached hydrogen (secondary N) is 2. The van der Waals surface area contributed by atoms with Crippen LogP contribution in [0.3, 0.4) is 0 Å². The third kappa shape index (κ3) is 7.04. The second kappa shape index (κ2) is 8.92. The minimum Gasteiger partial charge on any atom is -0.396 e. The normalized spacial score (nSPS) is 13.0. The second-order valence-corrected chi connectivity index (χ2v) is 7.64. The maximum atomic E-state index is 12.2. The Kier molecular flexibility index (Phi) is 7.56. The Morgan fingerprint density at radius 3 is 2.43 bits per heavy atom. The van der Waals surface area contributed by atoms with E-state index in [1.165, 1.54) is 0 Å². The van der Waals surface area contributed by atoms with Crippen LogP contribution < -0.4 is 10.6 Å². The van der Waals surface area contributed by atoms with E-state index in [0.29, 0.717) is 18.4 Å². The Labute approximate surface area is 140 Å². The van der Waals surface area contributed by atoms with Crippen LogP contribution in [0.5, 0.6) is 0 Å². The van der Waals surface area contributed by atoms with Gasteiger partial charge in [-0.05, 0) is 41.7 Å². The largest absolute Gasteiger partial charge is 0.396 e. The van der Waals surface area contributed by atoms with Gasteiger partial charge in [-0.3, -0.25) is 0 Å². The molecule has 0 aliphatic rings. The van der Waals surface area contributed by atoms with Crippen LogP contribution in [-0.4, -0.2) is 24.3 Å². The number of aliphatic hydroxyl groups is 1. The standard InChI is InChI=1S/C19H32N2O2/c1-14(2)12-15(10-11-22)13-20-18(23)21-17-9-7-6-8-16(17)19(3,4)5/h6-9,14-15,22H,10-13H2,1-5H3,(H2,20,21,23). The van der Waals surface area contributed by atoms with Crippen LogP contribution in [0.4, 0.5) is 10.5 Å². The maximum Gasteiger partial charge on any atom is 0.319 e. The minimum atomic E-state index is -0.187. The molecule has 130 valence electrons. The van der Waals surface area contributed by atoms with Gasteiger partial charge in [-0.2, -0.15) is 0 Å². The van der Waals surface area contributed by atoms with Gasteiger partial charge in [0.2, 0.25) is 0 Å². The Hall–Kier alpha value is -1.55. The first-order chi connectivity index (χ1) is 10.7. The molecule has 0 saturated heterocycles. The molecule has 4 heteroatoms. The SMILES string of the molecule is CC(C)CC(CCO)CNC(=O)Nc1ccccc1C(C)(C)C.